The summed E-state index contributed by atoms with van der Waals surface area (Å²) in [7, 11) is 0. The number of fused-ring (bicyclic) bond motifs is 2. The van der Waals surface area contributed by atoms with Crippen LogP contribution in [0.15, 0.2) is 60.7 Å². The number of benzene rings is 3. The Balaban J connectivity index is 0.992. The number of rotatable bonds is 4. The number of ether oxygens (including phenoxy) is 2. The summed E-state index contributed by atoms with van der Waals surface area (Å²) in [4.78, 5) is 27.5. The first kappa shape index (κ1) is 28.7. The van der Waals surface area contributed by atoms with Crippen LogP contribution in [0.3, 0.4) is 0 Å². The summed E-state index contributed by atoms with van der Waals surface area (Å²) in [6, 6.07) is 20.3. The quantitative estimate of drug-likeness (QED) is 0.248. The molecule has 238 valence electrons. The van der Waals surface area contributed by atoms with Gasteiger partial charge in [-0.25, -0.2) is 9.59 Å². The molecule has 6 nitrogen and oxygen atoms in total. The Morgan fingerprint density at radius 3 is 1.59 bits per heavy atom. The van der Waals surface area contributed by atoms with Crippen molar-refractivity contribution in [3.05, 3.63) is 94.0 Å². The van der Waals surface area contributed by atoms with Crippen LogP contribution >= 0.6 is 0 Å². The maximum atomic E-state index is 13.7. The van der Waals surface area contributed by atoms with Crippen LogP contribution in [0.2, 0.25) is 0 Å². The molecule has 6 atom stereocenters. The second-order valence-corrected chi connectivity index (χ2v) is 15.0. The molecule has 3 aromatic carbocycles. The van der Waals surface area contributed by atoms with Crippen molar-refractivity contribution in [2.24, 2.45) is 11.8 Å². The molecule has 3 aromatic rings. The molecule has 0 radical (unpaired) electrons. The minimum atomic E-state index is -0.426. The van der Waals surface area contributed by atoms with E-state index in [-0.39, 0.29) is 10.8 Å². The topological polar surface area (TPSA) is 76.7 Å². The predicted octanol–water partition coefficient (Wildman–Crippen LogP) is 6.82. The van der Waals surface area contributed by atoms with Gasteiger partial charge in [0, 0.05) is 34.0 Å². The van der Waals surface area contributed by atoms with Crippen LogP contribution < -0.4 is 20.1 Å². The van der Waals surface area contributed by atoms with Gasteiger partial charge in [-0.3, -0.25) is 0 Å². The van der Waals surface area contributed by atoms with Gasteiger partial charge in [-0.05, 0) is 118 Å². The average Bonchev–Trinajstić information content (AvgIpc) is 3.08. The van der Waals surface area contributed by atoms with E-state index in [0.717, 1.165) is 51.6 Å². The van der Waals surface area contributed by atoms with E-state index >= 15 is 0 Å². The van der Waals surface area contributed by atoms with E-state index in [4.69, 9.17) is 9.47 Å². The minimum absolute atomic E-state index is 0.0738. The average molecular weight is 617 g/mol. The number of piperidine rings is 2. The van der Waals surface area contributed by atoms with E-state index in [2.05, 4.69) is 22.8 Å². The summed E-state index contributed by atoms with van der Waals surface area (Å²) < 4.78 is 12.5. The van der Waals surface area contributed by atoms with Gasteiger partial charge in [0.15, 0.2) is 0 Å². The van der Waals surface area contributed by atoms with Crippen LogP contribution in [-0.2, 0) is 23.7 Å². The molecule has 4 aliphatic carbocycles. The fourth-order valence-corrected chi connectivity index (χ4v) is 11.2. The molecule has 9 rings (SSSR count). The van der Waals surface area contributed by atoms with Crippen molar-refractivity contribution in [1.29, 1.82) is 0 Å². The Hall–Kier alpha value is -3.48. The Morgan fingerprint density at radius 2 is 1.09 bits per heavy atom. The zero-order valence-electron chi connectivity index (χ0n) is 26.6. The molecular formula is C40H44N2O4. The first-order valence-corrected chi connectivity index (χ1v) is 17.8. The van der Waals surface area contributed by atoms with Gasteiger partial charge in [-0.15, -0.1) is 0 Å². The van der Waals surface area contributed by atoms with Crippen molar-refractivity contribution in [3.63, 3.8) is 0 Å². The van der Waals surface area contributed by atoms with E-state index in [1.54, 1.807) is 24.3 Å². The molecule has 6 aliphatic rings. The SMILES string of the molecule is O=C(Oc1cccc2c1[C@@]13CCCC[C@H]1[C@@H](C2)NCC3)c1cccc(C(=O)Oc2cccc3c2[C@@]24CCCC[C@H]2[C@@H](C3)NCC4)c1. The van der Waals surface area contributed by atoms with Gasteiger partial charge in [-0.2, -0.15) is 0 Å². The standard InChI is InChI=1S/C40H44N2O4/c43-37(45-33-14-6-8-25-23-31-29-12-1-3-16-39(29,35(25)33)18-20-41-31)27-10-5-11-28(22-27)38(44)46-34-15-7-9-26-24-32-30-13-2-4-17-40(30,36(26)34)19-21-42-32/h5-11,14-15,22,29-32,41-42H,1-4,12-13,16-21,23-24H2/t29-,30-,31+,32+,39+,40+/m0/s1. The number of hydrogen-bond acceptors (Lipinski definition) is 6. The van der Waals surface area contributed by atoms with E-state index in [1.807, 2.05) is 24.3 Å². The van der Waals surface area contributed by atoms with Crippen LogP contribution in [-0.4, -0.2) is 37.1 Å². The lowest BCUT2D eigenvalue weighted by molar-refractivity contribution is 0.0662. The van der Waals surface area contributed by atoms with E-state index in [9.17, 15) is 9.59 Å². The maximum Gasteiger partial charge on any atom is 0.343 e. The summed E-state index contributed by atoms with van der Waals surface area (Å²) in [6.07, 6.45) is 13.9. The Morgan fingerprint density at radius 1 is 0.609 bits per heavy atom. The summed E-state index contributed by atoms with van der Waals surface area (Å²) in [5.74, 6) is 1.71. The summed E-state index contributed by atoms with van der Waals surface area (Å²) >= 11 is 0. The number of hydrogen-bond donors (Lipinski definition) is 2. The molecule has 2 saturated heterocycles. The van der Waals surface area contributed by atoms with Gasteiger partial charge >= 0.3 is 11.9 Å². The highest BCUT2D eigenvalue weighted by Crippen LogP contribution is 2.57. The summed E-state index contributed by atoms with van der Waals surface area (Å²) in [5, 5.41) is 7.58. The molecule has 0 amide bonds. The van der Waals surface area contributed by atoms with E-state index < -0.39 is 11.9 Å². The third-order valence-corrected chi connectivity index (χ3v) is 13.0. The van der Waals surface area contributed by atoms with Crippen molar-refractivity contribution in [3.8, 4) is 11.5 Å². The molecule has 0 spiro atoms. The van der Waals surface area contributed by atoms with Crippen LogP contribution in [0.25, 0.3) is 0 Å². The third kappa shape index (κ3) is 4.36. The second kappa shape index (κ2) is 11.1. The maximum absolute atomic E-state index is 13.7. The van der Waals surface area contributed by atoms with Crippen molar-refractivity contribution < 1.29 is 19.1 Å². The van der Waals surface area contributed by atoms with Gasteiger partial charge in [0.05, 0.1) is 11.1 Å². The van der Waals surface area contributed by atoms with Crippen molar-refractivity contribution in [1.82, 2.24) is 10.6 Å². The molecule has 0 unspecified atom stereocenters. The molecule has 2 aliphatic heterocycles. The van der Waals surface area contributed by atoms with Crippen molar-refractivity contribution in [2.75, 3.05) is 13.1 Å². The Bertz CT molecular complexity index is 1590. The monoisotopic (exact) mass is 616 g/mol. The lowest BCUT2D eigenvalue weighted by Gasteiger charge is -2.56. The Kier molecular flexibility index (Phi) is 6.90. The second-order valence-electron chi connectivity index (χ2n) is 15.0. The van der Waals surface area contributed by atoms with Gasteiger partial charge in [0.25, 0.3) is 0 Å². The highest BCUT2D eigenvalue weighted by Gasteiger charge is 2.54. The van der Waals surface area contributed by atoms with Gasteiger partial charge in [0.1, 0.15) is 11.5 Å². The minimum Gasteiger partial charge on any atom is -0.423 e. The van der Waals surface area contributed by atoms with Crippen LogP contribution in [0.1, 0.15) is 107 Å². The van der Waals surface area contributed by atoms with Crippen molar-refractivity contribution >= 4 is 11.9 Å². The lowest BCUT2D eigenvalue weighted by atomic mass is 9.52. The summed E-state index contributed by atoms with van der Waals surface area (Å²) in [5.41, 5.74) is 6.02. The predicted molar refractivity (Wildman–Crippen MR) is 177 cm³/mol. The fourth-order valence-electron chi connectivity index (χ4n) is 11.2. The molecule has 2 heterocycles. The van der Waals surface area contributed by atoms with Gasteiger partial charge in [-0.1, -0.05) is 56.0 Å². The lowest BCUT2D eigenvalue weighted by Crippen LogP contribution is -2.59. The highest BCUT2D eigenvalue weighted by atomic mass is 16.5. The van der Waals surface area contributed by atoms with E-state index in [0.29, 0.717) is 46.5 Å². The molecule has 46 heavy (non-hydrogen) atoms. The van der Waals surface area contributed by atoms with Crippen molar-refractivity contribution in [2.45, 2.75) is 100.0 Å². The molecular weight excluding hydrogens is 572 g/mol. The van der Waals surface area contributed by atoms with Gasteiger partial charge < -0.3 is 20.1 Å². The summed E-state index contributed by atoms with van der Waals surface area (Å²) in [6.45, 7) is 2.02. The van der Waals surface area contributed by atoms with Gasteiger partial charge in [0.2, 0.25) is 0 Å². The number of esters is 2. The number of nitrogens with one attached hydrogen (secondary N) is 2. The van der Waals surface area contributed by atoms with E-state index in [1.165, 1.54) is 60.8 Å². The van der Waals surface area contributed by atoms with Crippen LogP contribution in [0.5, 0.6) is 11.5 Å². The molecule has 2 saturated carbocycles. The van der Waals surface area contributed by atoms with Crippen LogP contribution in [0.4, 0.5) is 0 Å². The first-order valence-electron chi connectivity index (χ1n) is 17.8. The highest BCUT2D eigenvalue weighted by molar-refractivity contribution is 5.97. The first-order chi connectivity index (χ1) is 22.6. The van der Waals surface area contributed by atoms with Crippen LogP contribution in [0, 0.1) is 11.8 Å². The smallest absolute Gasteiger partial charge is 0.343 e. The molecule has 4 bridgehead atoms. The molecule has 6 heteroatoms. The fraction of sp³-hybridized carbons (Fsp3) is 0.500. The zero-order valence-corrected chi connectivity index (χ0v) is 26.6. The zero-order chi connectivity index (χ0) is 30.9. The molecule has 2 N–H and O–H groups in total. The molecule has 4 fully saturated rings. The molecule has 0 aromatic heterocycles. The largest absolute Gasteiger partial charge is 0.423 e. The Labute approximate surface area is 271 Å². The normalized spacial score (nSPS) is 32.2. The number of carbonyl (C=O) groups excluding carboxylic acids is 2. The third-order valence-electron chi connectivity index (χ3n) is 13.0. The number of carbonyl (C=O) groups is 2.